The summed E-state index contributed by atoms with van der Waals surface area (Å²) >= 11 is 0. The van der Waals surface area contributed by atoms with Gasteiger partial charge in [0.05, 0.1) is 28.9 Å². The zero-order valence-electron chi connectivity index (χ0n) is 12.7. The third kappa shape index (κ3) is 2.21. The third-order valence-electron chi connectivity index (χ3n) is 4.06. The number of rotatable bonds is 2. The minimum absolute atomic E-state index is 0.0105. The minimum atomic E-state index is -0.636. The Morgan fingerprint density at radius 1 is 1.04 bits per heavy atom. The molecule has 0 aliphatic carbocycles. The minimum Gasteiger partial charge on any atom is -0.384 e. The molecule has 2 aliphatic rings. The lowest BCUT2D eigenvalue weighted by Crippen LogP contribution is -2.24. The molecule has 1 aromatic heterocycles. The van der Waals surface area contributed by atoms with E-state index in [2.05, 4.69) is 15.8 Å². The van der Waals surface area contributed by atoms with Gasteiger partial charge in [0.25, 0.3) is 17.4 Å². The average molecular weight is 337 g/mol. The molecule has 0 atom stereocenters. The van der Waals surface area contributed by atoms with Crippen LogP contribution in [0.3, 0.4) is 0 Å². The first-order chi connectivity index (χ1) is 12.0. The molecule has 0 spiro atoms. The number of nitrogens with zero attached hydrogens (tertiary/aromatic N) is 2. The largest absolute Gasteiger partial charge is 0.384 e. The van der Waals surface area contributed by atoms with E-state index < -0.39 is 17.4 Å². The van der Waals surface area contributed by atoms with Crippen LogP contribution in [-0.4, -0.2) is 28.0 Å². The first-order valence-corrected chi connectivity index (χ1v) is 7.33. The van der Waals surface area contributed by atoms with Gasteiger partial charge in [0.2, 0.25) is 5.91 Å². The second kappa shape index (κ2) is 5.13. The van der Waals surface area contributed by atoms with E-state index >= 15 is 0 Å². The highest BCUT2D eigenvalue weighted by Crippen LogP contribution is 2.23. The van der Waals surface area contributed by atoms with Crippen molar-refractivity contribution < 1.29 is 14.4 Å². The number of carbonyl (C=O) groups excluding carboxylic acids is 3. The topological polar surface area (TPSA) is 136 Å². The number of hydrogen-bond donors (Lipinski definition) is 3. The number of hydrazone groups is 1. The Bertz CT molecular complexity index is 1050. The highest BCUT2D eigenvalue weighted by atomic mass is 16.2. The Kier molecular flexibility index (Phi) is 3.04. The number of nitrogens with two attached hydrogens (primary N) is 1. The standard InChI is InChI=1S/C16H11N5O4/c17-14-13-9(15(24)18-16(13)25)5-12(23)21(14)8-3-1-7(2-4-8)10-6-11(22)20-19-10/h1-5H,6,17H2,(H,20,22)(H,18,24,25). The van der Waals surface area contributed by atoms with Crippen LogP contribution in [-0.2, 0) is 4.79 Å². The molecule has 4 N–H and O–H groups in total. The van der Waals surface area contributed by atoms with Crippen LogP contribution in [0.15, 0.2) is 40.2 Å². The molecule has 25 heavy (non-hydrogen) atoms. The van der Waals surface area contributed by atoms with E-state index in [1.807, 2.05) is 0 Å². The highest BCUT2D eigenvalue weighted by Gasteiger charge is 2.31. The Hall–Kier alpha value is -3.75. The summed E-state index contributed by atoms with van der Waals surface area (Å²) in [6.07, 6.45) is 0.183. The zero-order chi connectivity index (χ0) is 17.7. The lowest BCUT2D eigenvalue weighted by molar-refractivity contribution is -0.119. The van der Waals surface area contributed by atoms with Crippen molar-refractivity contribution in [2.45, 2.75) is 6.42 Å². The molecule has 0 saturated heterocycles. The van der Waals surface area contributed by atoms with E-state index in [4.69, 9.17) is 5.73 Å². The Labute approximate surface area is 140 Å². The van der Waals surface area contributed by atoms with Gasteiger partial charge in [0.1, 0.15) is 5.82 Å². The van der Waals surface area contributed by atoms with Gasteiger partial charge in [-0.3, -0.25) is 29.1 Å². The second-order valence-corrected chi connectivity index (χ2v) is 5.59. The molecular formula is C16H11N5O4. The van der Waals surface area contributed by atoms with E-state index in [-0.39, 0.29) is 29.3 Å². The van der Waals surface area contributed by atoms with Gasteiger partial charge in [-0.25, -0.2) is 5.43 Å². The number of imide groups is 1. The summed E-state index contributed by atoms with van der Waals surface area (Å²) in [5, 5.41) is 6.04. The molecule has 3 heterocycles. The van der Waals surface area contributed by atoms with Crippen molar-refractivity contribution >= 4 is 29.3 Å². The predicted molar refractivity (Wildman–Crippen MR) is 87.5 cm³/mol. The third-order valence-corrected chi connectivity index (χ3v) is 4.06. The highest BCUT2D eigenvalue weighted by molar-refractivity contribution is 6.23. The Balaban J connectivity index is 1.80. The van der Waals surface area contributed by atoms with E-state index in [0.717, 1.165) is 16.2 Å². The smallest absolute Gasteiger partial charge is 0.262 e. The monoisotopic (exact) mass is 337 g/mol. The molecule has 9 nitrogen and oxygen atoms in total. The summed E-state index contributed by atoms with van der Waals surface area (Å²) < 4.78 is 1.15. The number of aromatic nitrogens is 1. The zero-order valence-corrected chi connectivity index (χ0v) is 12.7. The number of hydrogen-bond acceptors (Lipinski definition) is 6. The van der Waals surface area contributed by atoms with Gasteiger partial charge >= 0.3 is 0 Å². The Morgan fingerprint density at radius 2 is 1.76 bits per heavy atom. The number of pyridine rings is 1. The van der Waals surface area contributed by atoms with Gasteiger partial charge < -0.3 is 5.73 Å². The predicted octanol–water partition coefficient (Wildman–Crippen LogP) is -0.473. The number of carbonyl (C=O) groups is 3. The summed E-state index contributed by atoms with van der Waals surface area (Å²) in [7, 11) is 0. The molecule has 3 amide bonds. The van der Waals surface area contributed by atoms with Crippen molar-refractivity contribution in [2.24, 2.45) is 5.10 Å². The van der Waals surface area contributed by atoms with Gasteiger partial charge in [-0.2, -0.15) is 5.10 Å². The first-order valence-electron chi connectivity index (χ1n) is 7.33. The van der Waals surface area contributed by atoms with Gasteiger partial charge in [-0.15, -0.1) is 0 Å². The molecule has 9 heteroatoms. The lowest BCUT2D eigenvalue weighted by atomic mass is 10.1. The molecule has 1 aromatic carbocycles. The molecule has 0 saturated carbocycles. The number of amides is 3. The fourth-order valence-electron chi connectivity index (χ4n) is 2.88. The van der Waals surface area contributed by atoms with Gasteiger partial charge in [-0.1, -0.05) is 12.1 Å². The molecule has 0 fully saturated rings. The normalized spacial score (nSPS) is 15.7. The lowest BCUT2D eigenvalue weighted by Gasteiger charge is -2.12. The van der Waals surface area contributed by atoms with E-state index in [0.29, 0.717) is 11.4 Å². The number of nitrogen functional groups attached to an aromatic ring is 1. The Morgan fingerprint density at radius 3 is 2.40 bits per heavy atom. The van der Waals surface area contributed by atoms with Crippen molar-refractivity contribution in [3.8, 4) is 5.69 Å². The van der Waals surface area contributed by atoms with Crippen LogP contribution in [0.5, 0.6) is 0 Å². The summed E-state index contributed by atoms with van der Waals surface area (Å²) in [5.74, 6) is -1.56. The average Bonchev–Trinajstić information content (AvgIpc) is 3.12. The quantitative estimate of drug-likeness (QED) is 0.636. The maximum Gasteiger partial charge on any atom is 0.262 e. The van der Waals surface area contributed by atoms with Crippen molar-refractivity contribution in [1.29, 1.82) is 0 Å². The van der Waals surface area contributed by atoms with Crippen LogP contribution in [0.1, 0.15) is 32.7 Å². The molecule has 4 rings (SSSR count). The van der Waals surface area contributed by atoms with Gasteiger partial charge in [-0.05, 0) is 17.7 Å². The van der Waals surface area contributed by atoms with E-state index in [9.17, 15) is 19.2 Å². The molecule has 0 unspecified atom stereocenters. The van der Waals surface area contributed by atoms with Crippen LogP contribution in [0.25, 0.3) is 5.69 Å². The molecule has 2 aromatic rings. The van der Waals surface area contributed by atoms with Crippen LogP contribution in [0.4, 0.5) is 5.82 Å². The molecule has 2 aliphatic heterocycles. The fourth-order valence-corrected chi connectivity index (χ4v) is 2.88. The van der Waals surface area contributed by atoms with Crippen molar-refractivity contribution in [2.75, 3.05) is 5.73 Å². The van der Waals surface area contributed by atoms with Crippen LogP contribution < -0.4 is 22.0 Å². The number of anilines is 1. The summed E-state index contributed by atoms with van der Waals surface area (Å²) in [4.78, 5) is 47.1. The van der Waals surface area contributed by atoms with Crippen molar-refractivity contribution in [3.63, 3.8) is 0 Å². The maximum absolute atomic E-state index is 12.3. The van der Waals surface area contributed by atoms with Crippen molar-refractivity contribution in [1.82, 2.24) is 15.3 Å². The van der Waals surface area contributed by atoms with Crippen molar-refractivity contribution in [3.05, 3.63) is 57.4 Å². The summed E-state index contributed by atoms with van der Waals surface area (Å²) in [6, 6.07) is 7.72. The van der Waals surface area contributed by atoms with Gasteiger partial charge in [0, 0.05) is 6.07 Å². The van der Waals surface area contributed by atoms with Gasteiger partial charge in [0.15, 0.2) is 0 Å². The van der Waals surface area contributed by atoms with Crippen LogP contribution >= 0.6 is 0 Å². The van der Waals surface area contributed by atoms with Crippen LogP contribution in [0.2, 0.25) is 0 Å². The van der Waals surface area contributed by atoms with Crippen LogP contribution in [0, 0.1) is 0 Å². The van der Waals surface area contributed by atoms with E-state index in [1.54, 1.807) is 24.3 Å². The molecule has 0 radical (unpaired) electrons. The second-order valence-electron chi connectivity index (χ2n) is 5.59. The molecule has 124 valence electrons. The van der Waals surface area contributed by atoms with E-state index in [1.165, 1.54) is 0 Å². The number of benzene rings is 1. The molecular weight excluding hydrogens is 326 g/mol. The SMILES string of the molecule is Nc1c2c(cc(=O)n1-c1ccc(C3=NNC(=O)C3)cc1)C(=O)NC2=O. The number of fused-ring (bicyclic) bond motifs is 1. The molecule has 0 bridgehead atoms. The fraction of sp³-hybridized carbons (Fsp3) is 0.0625. The first kappa shape index (κ1) is 14.8. The summed E-state index contributed by atoms with van der Waals surface area (Å²) in [5.41, 5.74) is 9.53. The summed E-state index contributed by atoms with van der Waals surface area (Å²) in [6.45, 7) is 0. The number of nitrogens with one attached hydrogen (secondary N) is 2. The maximum atomic E-state index is 12.3.